The summed E-state index contributed by atoms with van der Waals surface area (Å²) in [6.07, 6.45) is 2.70. The van der Waals surface area contributed by atoms with E-state index in [1.165, 1.54) is 14.7 Å². The lowest BCUT2D eigenvalue weighted by Gasteiger charge is -2.19. The zero-order valence-corrected chi connectivity index (χ0v) is 12.9. The lowest BCUT2D eigenvalue weighted by atomic mass is 10.1. The van der Waals surface area contributed by atoms with Gasteiger partial charge in [-0.2, -0.15) is 0 Å². The highest BCUT2D eigenvalue weighted by Gasteiger charge is 2.17. The molecule has 0 aliphatic heterocycles. The molecular formula is C14H16INO2. The molecule has 0 heterocycles. The first-order valence-corrected chi connectivity index (χ1v) is 6.92. The average molecular weight is 357 g/mol. The Morgan fingerprint density at radius 1 is 1.39 bits per heavy atom. The first kappa shape index (κ1) is 13.4. The number of nitrogens with one attached hydrogen (secondary N) is 1. The highest BCUT2D eigenvalue weighted by molar-refractivity contribution is 14.1. The summed E-state index contributed by atoms with van der Waals surface area (Å²) in [5, 5.41) is 2.76. The Balaban J connectivity index is 2.06. The predicted octanol–water partition coefficient (Wildman–Crippen LogP) is 4.37. The van der Waals surface area contributed by atoms with Crippen LogP contribution in [0.1, 0.15) is 31.9 Å². The lowest BCUT2D eigenvalue weighted by molar-refractivity contribution is 0.0636. The van der Waals surface area contributed by atoms with Crippen LogP contribution in [0.5, 0.6) is 0 Å². The van der Waals surface area contributed by atoms with Crippen LogP contribution in [0, 0.1) is 0 Å². The molecule has 4 heteroatoms. The molecule has 3 nitrogen and oxygen atoms in total. The molecule has 2 rings (SSSR count). The van der Waals surface area contributed by atoms with Gasteiger partial charge < -0.3 is 4.74 Å². The van der Waals surface area contributed by atoms with Gasteiger partial charge >= 0.3 is 6.09 Å². The van der Waals surface area contributed by atoms with E-state index in [1.807, 2.05) is 39.0 Å². The van der Waals surface area contributed by atoms with Gasteiger partial charge in [0.15, 0.2) is 0 Å². The van der Waals surface area contributed by atoms with Crippen LogP contribution in [0.25, 0.3) is 3.58 Å². The van der Waals surface area contributed by atoms with E-state index in [0.29, 0.717) is 0 Å². The lowest BCUT2D eigenvalue weighted by Crippen LogP contribution is -2.27. The first-order chi connectivity index (χ1) is 8.35. The summed E-state index contributed by atoms with van der Waals surface area (Å²) in [7, 11) is 0. The summed E-state index contributed by atoms with van der Waals surface area (Å²) in [5.74, 6) is 0. The highest BCUT2D eigenvalue weighted by atomic mass is 127. The summed E-state index contributed by atoms with van der Waals surface area (Å²) >= 11 is 2.33. The molecule has 0 saturated carbocycles. The number of fused-ring (bicyclic) bond motifs is 1. The second-order valence-electron chi connectivity index (χ2n) is 5.26. The van der Waals surface area contributed by atoms with Crippen molar-refractivity contribution in [2.45, 2.75) is 32.8 Å². The fourth-order valence-corrected chi connectivity index (χ4v) is 2.55. The number of ether oxygens (including phenoxy) is 1. The number of amides is 1. The molecule has 1 N–H and O–H groups in total. The maximum Gasteiger partial charge on any atom is 0.412 e. The third kappa shape index (κ3) is 3.25. The van der Waals surface area contributed by atoms with Crippen molar-refractivity contribution in [3.63, 3.8) is 0 Å². The summed E-state index contributed by atoms with van der Waals surface area (Å²) in [6, 6.07) is 5.94. The largest absolute Gasteiger partial charge is 0.444 e. The van der Waals surface area contributed by atoms with Gasteiger partial charge in [0, 0.05) is 9.27 Å². The molecular weight excluding hydrogens is 341 g/mol. The van der Waals surface area contributed by atoms with Crippen molar-refractivity contribution < 1.29 is 9.53 Å². The van der Waals surface area contributed by atoms with E-state index in [4.69, 9.17) is 4.74 Å². The van der Waals surface area contributed by atoms with Crippen molar-refractivity contribution in [1.82, 2.24) is 0 Å². The molecule has 0 fully saturated rings. The van der Waals surface area contributed by atoms with Gasteiger partial charge in [0.2, 0.25) is 0 Å². The maximum atomic E-state index is 11.6. The molecule has 0 saturated heterocycles. The minimum atomic E-state index is -0.474. The van der Waals surface area contributed by atoms with Crippen molar-refractivity contribution in [3.05, 3.63) is 35.4 Å². The molecule has 1 aromatic carbocycles. The number of carbonyl (C=O) groups excluding carboxylic acids is 1. The van der Waals surface area contributed by atoms with Crippen molar-refractivity contribution in [1.29, 1.82) is 0 Å². The summed E-state index contributed by atoms with van der Waals surface area (Å²) in [4.78, 5) is 11.6. The summed E-state index contributed by atoms with van der Waals surface area (Å²) < 4.78 is 6.49. The number of hydrogen-bond acceptors (Lipinski definition) is 2. The van der Waals surface area contributed by atoms with E-state index in [2.05, 4.69) is 34.0 Å². The van der Waals surface area contributed by atoms with Gasteiger partial charge in [-0.1, -0.05) is 12.1 Å². The topological polar surface area (TPSA) is 38.3 Å². The number of halogens is 1. The molecule has 1 aromatic rings. The maximum absolute atomic E-state index is 11.6. The standard InChI is InChI=1S/C14H16INO2/c1-14(2,3)18-13(17)16-10-5-6-11-9(8-10)4-7-12(11)15/h5-8H,4H2,1-3H3,(H,16,17). The summed E-state index contributed by atoms with van der Waals surface area (Å²) in [6.45, 7) is 5.55. The van der Waals surface area contributed by atoms with Crippen LogP contribution in [0.2, 0.25) is 0 Å². The van der Waals surface area contributed by atoms with E-state index < -0.39 is 11.7 Å². The van der Waals surface area contributed by atoms with Crippen LogP contribution in [0.3, 0.4) is 0 Å². The number of allylic oxidation sites excluding steroid dienone is 1. The Morgan fingerprint density at radius 3 is 2.78 bits per heavy atom. The predicted molar refractivity (Wildman–Crippen MR) is 82.0 cm³/mol. The van der Waals surface area contributed by atoms with Gasteiger partial charge in [0.1, 0.15) is 5.60 Å². The van der Waals surface area contributed by atoms with Crippen molar-refractivity contribution >= 4 is 38.0 Å². The fourth-order valence-electron chi connectivity index (χ4n) is 1.80. The Morgan fingerprint density at radius 2 is 2.11 bits per heavy atom. The van der Waals surface area contributed by atoms with Gasteiger partial charge in [0.25, 0.3) is 0 Å². The molecule has 0 bridgehead atoms. The average Bonchev–Trinajstić information content (AvgIpc) is 2.57. The van der Waals surface area contributed by atoms with Crippen molar-refractivity contribution in [3.8, 4) is 0 Å². The molecule has 0 atom stereocenters. The van der Waals surface area contributed by atoms with Crippen LogP contribution < -0.4 is 5.32 Å². The Labute approximate surface area is 121 Å². The smallest absolute Gasteiger partial charge is 0.412 e. The van der Waals surface area contributed by atoms with Gasteiger partial charge in [-0.15, -0.1) is 0 Å². The summed E-state index contributed by atoms with van der Waals surface area (Å²) in [5.41, 5.74) is 2.80. The zero-order valence-electron chi connectivity index (χ0n) is 10.7. The third-order valence-electron chi connectivity index (χ3n) is 2.51. The molecule has 0 spiro atoms. The van der Waals surface area contributed by atoms with Gasteiger partial charge in [-0.05, 0) is 73.0 Å². The van der Waals surface area contributed by atoms with Crippen molar-refractivity contribution in [2.24, 2.45) is 0 Å². The molecule has 0 aromatic heterocycles. The normalized spacial score (nSPS) is 13.9. The number of carbonyl (C=O) groups is 1. The van der Waals surface area contributed by atoms with Gasteiger partial charge in [-0.25, -0.2) is 4.79 Å². The first-order valence-electron chi connectivity index (χ1n) is 5.84. The van der Waals surface area contributed by atoms with E-state index in [9.17, 15) is 4.79 Å². The van der Waals surface area contributed by atoms with Gasteiger partial charge in [-0.3, -0.25) is 5.32 Å². The van der Waals surface area contributed by atoms with Crippen LogP contribution in [-0.2, 0) is 11.2 Å². The zero-order chi connectivity index (χ0) is 13.3. The quantitative estimate of drug-likeness (QED) is 0.759. The second kappa shape index (κ2) is 4.91. The number of benzene rings is 1. The minimum Gasteiger partial charge on any atom is -0.444 e. The van der Waals surface area contributed by atoms with E-state index >= 15 is 0 Å². The number of rotatable bonds is 1. The molecule has 1 aliphatic carbocycles. The van der Waals surface area contributed by atoms with E-state index in [1.54, 1.807) is 0 Å². The van der Waals surface area contributed by atoms with E-state index in [-0.39, 0.29) is 0 Å². The molecule has 1 amide bonds. The highest BCUT2D eigenvalue weighted by Crippen LogP contribution is 2.33. The fraction of sp³-hybridized carbons (Fsp3) is 0.357. The SMILES string of the molecule is CC(C)(C)OC(=O)Nc1ccc2c(c1)CC=C2I. The molecule has 96 valence electrons. The van der Waals surface area contributed by atoms with Gasteiger partial charge in [0.05, 0.1) is 0 Å². The van der Waals surface area contributed by atoms with Crippen molar-refractivity contribution in [2.75, 3.05) is 5.32 Å². The molecule has 0 radical (unpaired) electrons. The molecule has 0 unspecified atom stereocenters. The van der Waals surface area contributed by atoms with Crippen LogP contribution in [0.15, 0.2) is 24.3 Å². The minimum absolute atomic E-state index is 0.414. The van der Waals surface area contributed by atoms with E-state index in [0.717, 1.165) is 12.1 Å². The monoisotopic (exact) mass is 357 g/mol. The molecule has 1 aliphatic rings. The Kier molecular flexibility index (Phi) is 3.66. The van der Waals surface area contributed by atoms with Crippen LogP contribution in [-0.4, -0.2) is 11.7 Å². The Bertz CT molecular complexity index is 515. The third-order valence-corrected chi connectivity index (χ3v) is 3.53. The Hall–Kier alpha value is -1.04. The van der Waals surface area contributed by atoms with Crippen LogP contribution >= 0.6 is 22.6 Å². The number of anilines is 1. The number of hydrogen-bond donors (Lipinski definition) is 1. The molecule has 18 heavy (non-hydrogen) atoms. The van der Waals surface area contributed by atoms with Crippen LogP contribution in [0.4, 0.5) is 10.5 Å². The second-order valence-corrected chi connectivity index (χ2v) is 6.42.